The summed E-state index contributed by atoms with van der Waals surface area (Å²) in [6, 6.07) is 5.78. The lowest BCUT2D eigenvalue weighted by atomic mass is 9.93. The first-order valence-electron chi connectivity index (χ1n) is 9.52. The molecule has 1 aromatic carbocycles. The molecule has 0 bridgehead atoms. The minimum absolute atomic E-state index is 0.0835. The van der Waals surface area contributed by atoms with Crippen molar-refractivity contribution in [3.63, 3.8) is 0 Å². The van der Waals surface area contributed by atoms with Crippen LogP contribution in [0, 0.1) is 24.5 Å². The molecule has 1 atom stereocenters. The molecule has 0 aliphatic carbocycles. The maximum absolute atomic E-state index is 13.4. The number of carbonyl (C=O) groups is 1. The predicted octanol–water partition coefficient (Wildman–Crippen LogP) is 4.40. The number of benzene rings is 1. The van der Waals surface area contributed by atoms with Crippen LogP contribution in [0.5, 0.6) is 0 Å². The quantitative estimate of drug-likeness (QED) is 0.442. The van der Waals surface area contributed by atoms with Gasteiger partial charge in [0.1, 0.15) is 0 Å². The maximum Gasteiger partial charge on any atom is 0.172 e. The molecule has 2 aromatic rings. The third-order valence-electron chi connectivity index (χ3n) is 4.82. The lowest BCUT2D eigenvalue weighted by Crippen LogP contribution is -2.17. The number of rotatable bonds is 10. The highest BCUT2D eigenvalue weighted by molar-refractivity contribution is 7.14. The van der Waals surface area contributed by atoms with Crippen LogP contribution in [-0.2, 0) is 6.42 Å². The molecule has 4 nitrogen and oxygen atoms in total. The van der Waals surface area contributed by atoms with Gasteiger partial charge in [-0.25, -0.2) is 8.78 Å². The van der Waals surface area contributed by atoms with Gasteiger partial charge in [0.15, 0.2) is 17.4 Å². The fourth-order valence-electron chi connectivity index (χ4n) is 3.23. The fraction of sp³-hybridized carbons (Fsp3) is 0.364. The van der Waals surface area contributed by atoms with Gasteiger partial charge in [-0.05, 0) is 74.7 Å². The monoisotopic (exact) mass is 419 g/mol. The summed E-state index contributed by atoms with van der Waals surface area (Å²) in [7, 11) is 1.69. The number of thiophene rings is 1. The smallest absolute Gasteiger partial charge is 0.172 e. The Hall–Kier alpha value is -2.38. The molecule has 0 saturated carbocycles. The Morgan fingerprint density at radius 1 is 1.28 bits per heavy atom. The number of aliphatic imine (C=N–C) groups is 1. The minimum atomic E-state index is -0.854. The minimum Gasteiger partial charge on any atom is -0.405 e. The highest BCUT2D eigenvalue weighted by atomic mass is 32.1. The van der Waals surface area contributed by atoms with Gasteiger partial charge in [-0.3, -0.25) is 9.79 Å². The second-order valence-electron chi connectivity index (χ2n) is 6.92. The van der Waals surface area contributed by atoms with Crippen molar-refractivity contribution >= 4 is 22.8 Å². The van der Waals surface area contributed by atoms with E-state index in [-0.39, 0.29) is 11.7 Å². The number of halogens is 2. The lowest BCUT2D eigenvalue weighted by molar-refractivity contribution is 0.0981. The van der Waals surface area contributed by atoms with Crippen molar-refractivity contribution < 1.29 is 13.6 Å². The highest BCUT2D eigenvalue weighted by Crippen LogP contribution is 2.25. The van der Waals surface area contributed by atoms with Gasteiger partial charge in [-0.15, -0.1) is 11.3 Å². The molecule has 0 saturated heterocycles. The zero-order valence-corrected chi connectivity index (χ0v) is 17.6. The van der Waals surface area contributed by atoms with E-state index >= 15 is 0 Å². The van der Waals surface area contributed by atoms with E-state index in [1.54, 1.807) is 19.2 Å². The van der Waals surface area contributed by atoms with E-state index in [0.29, 0.717) is 36.2 Å². The summed E-state index contributed by atoms with van der Waals surface area (Å²) in [5, 5.41) is 0. The molecule has 0 spiro atoms. The first-order chi connectivity index (χ1) is 13.9. The summed E-state index contributed by atoms with van der Waals surface area (Å²) in [4.78, 5) is 18.5. The molecule has 1 heterocycles. The van der Waals surface area contributed by atoms with Crippen molar-refractivity contribution in [2.24, 2.45) is 22.4 Å². The van der Waals surface area contributed by atoms with Crippen molar-refractivity contribution in [1.82, 2.24) is 0 Å². The number of hydrogen-bond donors (Lipinski definition) is 2. The van der Waals surface area contributed by atoms with Crippen LogP contribution in [0.2, 0.25) is 0 Å². The Kier molecular flexibility index (Phi) is 8.67. The van der Waals surface area contributed by atoms with E-state index in [0.717, 1.165) is 28.6 Å². The second-order valence-corrected chi connectivity index (χ2v) is 8.17. The van der Waals surface area contributed by atoms with Gasteiger partial charge >= 0.3 is 0 Å². The van der Waals surface area contributed by atoms with Gasteiger partial charge in [-0.1, -0.05) is 6.07 Å². The third kappa shape index (κ3) is 6.30. The maximum atomic E-state index is 13.4. The number of hydrogen-bond acceptors (Lipinski definition) is 5. The van der Waals surface area contributed by atoms with Crippen LogP contribution in [0.1, 0.15) is 44.9 Å². The van der Waals surface area contributed by atoms with Gasteiger partial charge < -0.3 is 11.5 Å². The van der Waals surface area contributed by atoms with Crippen LogP contribution in [0.3, 0.4) is 0 Å². The average molecular weight is 420 g/mol. The summed E-state index contributed by atoms with van der Waals surface area (Å²) < 4.78 is 26.4. The van der Waals surface area contributed by atoms with Gasteiger partial charge in [0, 0.05) is 23.9 Å². The molecule has 2 rings (SSSR count). The predicted molar refractivity (Wildman–Crippen MR) is 116 cm³/mol. The Morgan fingerprint density at radius 2 is 2.03 bits per heavy atom. The van der Waals surface area contributed by atoms with Crippen LogP contribution in [0.15, 0.2) is 41.5 Å². The second kappa shape index (κ2) is 11.0. The van der Waals surface area contributed by atoms with Crippen molar-refractivity contribution in [2.75, 3.05) is 13.6 Å². The molecular weight excluding hydrogens is 392 g/mol. The van der Waals surface area contributed by atoms with Gasteiger partial charge in [0.25, 0.3) is 0 Å². The highest BCUT2D eigenvalue weighted by Gasteiger charge is 2.16. The van der Waals surface area contributed by atoms with E-state index in [1.807, 2.05) is 13.0 Å². The summed E-state index contributed by atoms with van der Waals surface area (Å²) in [6.45, 7) is 2.38. The molecule has 4 N–H and O–H groups in total. The molecule has 0 fully saturated rings. The summed E-state index contributed by atoms with van der Waals surface area (Å²) in [6.07, 6.45) is 5.56. The van der Waals surface area contributed by atoms with E-state index in [1.165, 1.54) is 23.6 Å². The number of ketones is 1. The SMILES string of the molecule is CN=C(C=CN)c1cc(C(=O)CCCC(CN)Cc2ccc(F)c(F)c2)sc1C. The number of nitrogens with zero attached hydrogens (tertiary/aromatic N) is 1. The molecule has 0 aliphatic rings. The number of nitrogens with two attached hydrogens (primary N) is 2. The molecule has 7 heteroatoms. The van der Waals surface area contributed by atoms with Crippen molar-refractivity contribution in [1.29, 1.82) is 0 Å². The Balaban J connectivity index is 1.93. The molecular formula is C22H27F2N3OS. The molecule has 0 aliphatic heterocycles. The number of Topliss-reactive ketones (excluding diaryl/α,β-unsaturated/α-hetero) is 1. The number of allylic oxidation sites excluding steroid dienone is 1. The first kappa shape index (κ1) is 22.9. The van der Waals surface area contributed by atoms with Crippen LogP contribution < -0.4 is 11.5 Å². The van der Waals surface area contributed by atoms with E-state index in [4.69, 9.17) is 11.5 Å². The van der Waals surface area contributed by atoms with E-state index < -0.39 is 11.6 Å². The summed E-state index contributed by atoms with van der Waals surface area (Å²) in [5.74, 6) is -1.51. The topological polar surface area (TPSA) is 81.5 Å². The van der Waals surface area contributed by atoms with Crippen LogP contribution in [0.4, 0.5) is 8.78 Å². The van der Waals surface area contributed by atoms with E-state index in [2.05, 4.69) is 4.99 Å². The normalized spacial score (nSPS) is 13.2. The summed E-state index contributed by atoms with van der Waals surface area (Å²) >= 11 is 1.46. The first-order valence-corrected chi connectivity index (χ1v) is 10.3. The molecule has 156 valence electrons. The van der Waals surface area contributed by atoms with Crippen molar-refractivity contribution in [3.05, 3.63) is 69.1 Å². The molecule has 1 unspecified atom stereocenters. The number of carbonyl (C=O) groups excluding carboxylic acids is 1. The third-order valence-corrected chi connectivity index (χ3v) is 5.91. The molecule has 29 heavy (non-hydrogen) atoms. The molecule has 1 aromatic heterocycles. The fourth-order valence-corrected chi connectivity index (χ4v) is 4.22. The summed E-state index contributed by atoms with van der Waals surface area (Å²) in [5.41, 5.74) is 13.7. The molecule has 0 amide bonds. The molecule has 0 radical (unpaired) electrons. The van der Waals surface area contributed by atoms with Gasteiger partial charge in [0.05, 0.1) is 10.6 Å². The Morgan fingerprint density at radius 3 is 2.66 bits per heavy atom. The van der Waals surface area contributed by atoms with Crippen LogP contribution in [0.25, 0.3) is 0 Å². The van der Waals surface area contributed by atoms with Crippen molar-refractivity contribution in [2.45, 2.75) is 32.6 Å². The standard InChI is InChI=1S/C22H27F2N3OS/c1-14-17(20(27-2)8-9-25)12-22(29-14)21(28)5-3-4-16(13-26)10-15-6-7-18(23)19(24)11-15/h6-9,11-12,16H,3-5,10,13,25-26H2,1-2H3. The zero-order chi connectivity index (χ0) is 21.4. The van der Waals surface area contributed by atoms with Gasteiger partial charge in [-0.2, -0.15) is 0 Å². The zero-order valence-electron chi connectivity index (χ0n) is 16.8. The Bertz CT molecular complexity index is 905. The lowest BCUT2D eigenvalue weighted by Gasteiger charge is -2.14. The van der Waals surface area contributed by atoms with E-state index in [9.17, 15) is 13.6 Å². The van der Waals surface area contributed by atoms with Gasteiger partial charge in [0.2, 0.25) is 0 Å². The number of aryl methyl sites for hydroxylation is 1. The Labute approximate surface area is 174 Å². The van der Waals surface area contributed by atoms with Crippen molar-refractivity contribution in [3.8, 4) is 0 Å². The largest absolute Gasteiger partial charge is 0.405 e. The average Bonchev–Trinajstić information content (AvgIpc) is 3.09. The van der Waals surface area contributed by atoms with Crippen LogP contribution >= 0.6 is 11.3 Å². The van der Waals surface area contributed by atoms with Crippen LogP contribution in [-0.4, -0.2) is 25.1 Å².